The zero-order chi connectivity index (χ0) is 20.2. The number of carbonyl (C=O) groups excluding carboxylic acids is 1. The fraction of sp³-hybridized carbons (Fsp3) is 0.130. The Morgan fingerprint density at radius 2 is 1.79 bits per heavy atom. The molecule has 0 aliphatic carbocycles. The van der Waals surface area contributed by atoms with Gasteiger partial charge in [0.15, 0.2) is 5.76 Å². The second-order valence-electron chi connectivity index (χ2n) is 6.72. The summed E-state index contributed by atoms with van der Waals surface area (Å²) in [5.41, 5.74) is 2.76. The number of hydrogen-bond donors (Lipinski definition) is 1. The first-order valence-electron chi connectivity index (χ1n) is 9.31. The molecular weight excluding hydrogens is 382 g/mol. The topological polar surface area (TPSA) is 60.1 Å². The first kappa shape index (κ1) is 19.1. The molecule has 0 radical (unpaired) electrons. The van der Waals surface area contributed by atoms with Crippen LogP contribution in [0.5, 0.6) is 0 Å². The lowest BCUT2D eigenvalue weighted by Crippen LogP contribution is -2.11. The number of benzene rings is 2. The third-order valence-corrected chi connectivity index (χ3v) is 5.48. The number of carbonyl (C=O) groups is 1. The Morgan fingerprint density at radius 1 is 1.03 bits per heavy atom. The largest absolute Gasteiger partial charge is 0.454 e. The lowest BCUT2D eigenvalue weighted by atomic mass is 10.3. The first-order valence-corrected chi connectivity index (χ1v) is 10.1. The Balaban J connectivity index is 1.48. The highest BCUT2D eigenvalue weighted by atomic mass is 32.2. The van der Waals surface area contributed by atoms with Crippen LogP contribution in [0.15, 0.2) is 87.0 Å². The van der Waals surface area contributed by atoms with Crippen LogP contribution in [0, 0.1) is 13.8 Å². The third-order valence-electron chi connectivity index (χ3n) is 4.40. The second kappa shape index (κ2) is 8.41. The van der Waals surface area contributed by atoms with Crippen molar-refractivity contribution in [2.45, 2.75) is 30.2 Å². The minimum Gasteiger partial charge on any atom is -0.454 e. The molecule has 0 unspecified atom stereocenters. The number of nitrogens with one attached hydrogen (secondary N) is 1. The average Bonchev–Trinajstić information content (AvgIpc) is 3.30. The molecule has 6 heteroatoms. The zero-order valence-corrected chi connectivity index (χ0v) is 17.1. The summed E-state index contributed by atoms with van der Waals surface area (Å²) in [6, 6.07) is 23.3. The van der Waals surface area contributed by atoms with Crippen molar-refractivity contribution in [2.75, 3.05) is 5.32 Å². The van der Waals surface area contributed by atoms with Crippen LogP contribution in [0.2, 0.25) is 0 Å². The summed E-state index contributed by atoms with van der Waals surface area (Å²) in [4.78, 5) is 14.8. The molecule has 146 valence electrons. The number of aromatic nitrogens is 2. The van der Waals surface area contributed by atoms with Gasteiger partial charge in [-0.2, -0.15) is 5.10 Å². The average molecular weight is 404 g/mol. The molecule has 0 bridgehead atoms. The highest BCUT2D eigenvalue weighted by Gasteiger charge is 2.14. The Kier molecular flexibility index (Phi) is 5.53. The van der Waals surface area contributed by atoms with Gasteiger partial charge in [0.2, 0.25) is 0 Å². The fourth-order valence-electron chi connectivity index (χ4n) is 3.03. The zero-order valence-electron chi connectivity index (χ0n) is 16.3. The second-order valence-corrected chi connectivity index (χ2v) is 7.83. The van der Waals surface area contributed by atoms with Crippen molar-refractivity contribution in [3.8, 4) is 0 Å². The molecule has 2 heterocycles. The van der Waals surface area contributed by atoms with E-state index in [2.05, 4.69) is 10.4 Å². The van der Waals surface area contributed by atoms with Crippen LogP contribution >= 0.6 is 11.8 Å². The van der Waals surface area contributed by atoms with Gasteiger partial charge in [0.05, 0.1) is 17.9 Å². The highest BCUT2D eigenvalue weighted by molar-refractivity contribution is 7.99. The van der Waals surface area contributed by atoms with E-state index in [0.717, 1.165) is 26.9 Å². The van der Waals surface area contributed by atoms with Crippen LogP contribution in [-0.4, -0.2) is 15.7 Å². The lowest BCUT2D eigenvalue weighted by Gasteiger charge is -2.10. The van der Waals surface area contributed by atoms with Crippen molar-refractivity contribution >= 4 is 23.4 Å². The van der Waals surface area contributed by atoms with E-state index in [1.807, 2.05) is 85.3 Å². The summed E-state index contributed by atoms with van der Waals surface area (Å²) in [6.45, 7) is 4.45. The Bertz CT molecular complexity index is 1130. The molecule has 2 aromatic carbocycles. The molecule has 0 aliphatic heterocycles. The summed E-state index contributed by atoms with van der Waals surface area (Å²) < 4.78 is 7.63. The van der Waals surface area contributed by atoms with E-state index in [1.165, 1.54) is 0 Å². The van der Waals surface area contributed by atoms with Crippen LogP contribution in [0.3, 0.4) is 0 Å². The highest BCUT2D eigenvalue weighted by Crippen LogP contribution is 2.33. The predicted molar refractivity (Wildman–Crippen MR) is 114 cm³/mol. The van der Waals surface area contributed by atoms with Gasteiger partial charge in [-0.15, -0.1) is 0 Å². The maximum Gasteiger partial charge on any atom is 0.291 e. The van der Waals surface area contributed by atoms with Crippen LogP contribution in [0.4, 0.5) is 5.69 Å². The van der Waals surface area contributed by atoms with E-state index in [4.69, 9.17) is 4.42 Å². The SMILES string of the molecule is Cc1cc(C)n(Cc2ccc(C(=O)Nc3ccccc3Sc3ccccc3)o2)n1. The molecule has 0 spiro atoms. The molecule has 2 aromatic heterocycles. The van der Waals surface area contributed by atoms with Crippen molar-refractivity contribution in [1.82, 2.24) is 9.78 Å². The van der Waals surface area contributed by atoms with Crippen molar-refractivity contribution in [2.24, 2.45) is 0 Å². The molecule has 1 amide bonds. The van der Waals surface area contributed by atoms with Crippen LogP contribution < -0.4 is 5.32 Å². The number of nitrogens with zero attached hydrogens (tertiary/aromatic N) is 2. The minimum absolute atomic E-state index is 0.272. The van der Waals surface area contributed by atoms with Gasteiger partial charge in [-0.25, -0.2) is 0 Å². The maximum absolute atomic E-state index is 12.7. The van der Waals surface area contributed by atoms with Gasteiger partial charge >= 0.3 is 0 Å². The van der Waals surface area contributed by atoms with E-state index in [-0.39, 0.29) is 11.7 Å². The van der Waals surface area contributed by atoms with Crippen molar-refractivity contribution < 1.29 is 9.21 Å². The molecule has 0 saturated heterocycles. The van der Waals surface area contributed by atoms with Gasteiger partial charge in [0.25, 0.3) is 5.91 Å². The minimum atomic E-state index is -0.272. The molecule has 4 aromatic rings. The standard InChI is InChI=1S/C23H21N3O2S/c1-16-14-17(2)26(25-16)15-18-12-13-21(28-18)23(27)24-20-10-6-7-11-22(20)29-19-8-4-3-5-9-19/h3-14H,15H2,1-2H3,(H,24,27). The molecule has 5 nitrogen and oxygen atoms in total. The van der Waals surface area contributed by atoms with Gasteiger partial charge in [0.1, 0.15) is 5.76 Å². The number of anilines is 1. The number of furan rings is 1. The molecule has 4 rings (SSSR count). The molecule has 29 heavy (non-hydrogen) atoms. The summed E-state index contributed by atoms with van der Waals surface area (Å²) in [5, 5.41) is 7.40. The van der Waals surface area contributed by atoms with E-state index in [9.17, 15) is 4.79 Å². The fourth-order valence-corrected chi connectivity index (χ4v) is 3.95. The summed E-state index contributed by atoms with van der Waals surface area (Å²) in [5.74, 6) is 0.695. The van der Waals surface area contributed by atoms with Gasteiger partial charge in [0, 0.05) is 15.5 Å². The van der Waals surface area contributed by atoms with Crippen molar-refractivity contribution in [3.05, 3.63) is 95.7 Å². The van der Waals surface area contributed by atoms with Gasteiger partial charge in [-0.3, -0.25) is 9.48 Å². The molecule has 0 fully saturated rings. The number of rotatable bonds is 6. The maximum atomic E-state index is 12.7. The van der Waals surface area contributed by atoms with Gasteiger partial charge < -0.3 is 9.73 Å². The summed E-state index contributed by atoms with van der Waals surface area (Å²) >= 11 is 1.61. The number of amides is 1. The monoisotopic (exact) mass is 403 g/mol. The van der Waals surface area contributed by atoms with Crippen LogP contribution in [0.1, 0.15) is 27.7 Å². The molecule has 1 N–H and O–H groups in total. The molecule has 0 aliphatic rings. The Labute approximate surface area is 173 Å². The Hall–Kier alpha value is -3.25. The van der Waals surface area contributed by atoms with Crippen molar-refractivity contribution in [1.29, 1.82) is 0 Å². The molecule has 0 atom stereocenters. The summed E-state index contributed by atoms with van der Waals surface area (Å²) in [7, 11) is 0. The van der Waals surface area contributed by atoms with Crippen LogP contribution in [0.25, 0.3) is 0 Å². The number of aryl methyl sites for hydroxylation is 2. The third kappa shape index (κ3) is 4.60. The van der Waals surface area contributed by atoms with Crippen molar-refractivity contribution in [3.63, 3.8) is 0 Å². The van der Waals surface area contributed by atoms with E-state index in [0.29, 0.717) is 12.3 Å². The number of hydrogen-bond acceptors (Lipinski definition) is 4. The van der Waals surface area contributed by atoms with Gasteiger partial charge in [-0.1, -0.05) is 42.1 Å². The molecular formula is C23H21N3O2S. The normalized spacial score (nSPS) is 10.8. The smallest absolute Gasteiger partial charge is 0.291 e. The number of para-hydroxylation sites is 1. The van der Waals surface area contributed by atoms with E-state index in [1.54, 1.807) is 17.8 Å². The molecule has 0 saturated carbocycles. The predicted octanol–water partition coefficient (Wildman–Crippen LogP) is 5.54. The van der Waals surface area contributed by atoms with Gasteiger partial charge in [-0.05, 0) is 56.3 Å². The quantitative estimate of drug-likeness (QED) is 0.459. The summed E-state index contributed by atoms with van der Waals surface area (Å²) in [6.07, 6.45) is 0. The van der Waals surface area contributed by atoms with E-state index >= 15 is 0 Å². The first-order chi connectivity index (χ1) is 14.1. The lowest BCUT2D eigenvalue weighted by molar-refractivity contribution is 0.0994. The Morgan fingerprint density at radius 3 is 2.55 bits per heavy atom. The van der Waals surface area contributed by atoms with E-state index < -0.39 is 0 Å². The van der Waals surface area contributed by atoms with Crippen LogP contribution in [-0.2, 0) is 6.54 Å².